The summed E-state index contributed by atoms with van der Waals surface area (Å²) in [7, 11) is 1.88. The van der Waals surface area contributed by atoms with E-state index in [1.807, 2.05) is 18.9 Å². The zero-order chi connectivity index (χ0) is 13.3. The Balaban J connectivity index is 1.98. The Morgan fingerprint density at radius 2 is 2.17 bits per heavy atom. The van der Waals surface area contributed by atoms with Gasteiger partial charge in [-0.15, -0.1) is 0 Å². The lowest BCUT2D eigenvalue weighted by molar-refractivity contribution is -0.128. The van der Waals surface area contributed by atoms with Crippen LogP contribution < -0.4 is 0 Å². The van der Waals surface area contributed by atoms with Gasteiger partial charge in [0.05, 0.1) is 6.54 Å². The lowest BCUT2D eigenvalue weighted by Crippen LogP contribution is -2.26. The van der Waals surface area contributed by atoms with Crippen molar-refractivity contribution in [3.05, 3.63) is 11.6 Å². The van der Waals surface area contributed by atoms with E-state index in [9.17, 15) is 4.79 Å². The molecule has 5 heteroatoms. The van der Waals surface area contributed by atoms with E-state index in [4.69, 9.17) is 0 Å². The third-order valence-corrected chi connectivity index (χ3v) is 3.39. The number of rotatable bonds is 4. The normalized spacial score (nSPS) is 20.2. The summed E-state index contributed by atoms with van der Waals surface area (Å²) in [5, 5.41) is 4.21. The minimum atomic E-state index is 0.251. The van der Waals surface area contributed by atoms with Crippen LogP contribution in [0.3, 0.4) is 0 Å². The van der Waals surface area contributed by atoms with Crippen LogP contribution in [-0.2, 0) is 18.4 Å². The first-order valence-electron chi connectivity index (χ1n) is 6.60. The van der Waals surface area contributed by atoms with Crippen LogP contribution in [0.25, 0.3) is 0 Å². The maximum Gasteiger partial charge on any atom is 0.223 e. The minimum Gasteiger partial charge on any atom is -0.335 e. The number of carbonyl (C=O) groups excluding carboxylic acids is 1. The van der Waals surface area contributed by atoms with E-state index in [2.05, 4.69) is 23.9 Å². The van der Waals surface area contributed by atoms with Crippen molar-refractivity contribution in [2.75, 3.05) is 6.54 Å². The van der Waals surface area contributed by atoms with Gasteiger partial charge in [-0.3, -0.25) is 9.48 Å². The Kier molecular flexibility index (Phi) is 3.68. The van der Waals surface area contributed by atoms with E-state index < -0.39 is 0 Å². The first-order valence-corrected chi connectivity index (χ1v) is 6.60. The van der Waals surface area contributed by atoms with Gasteiger partial charge in [0.1, 0.15) is 11.6 Å². The van der Waals surface area contributed by atoms with Crippen LogP contribution in [-0.4, -0.2) is 32.1 Å². The molecule has 1 amide bonds. The van der Waals surface area contributed by atoms with E-state index in [-0.39, 0.29) is 5.91 Å². The molecule has 1 aliphatic heterocycles. The van der Waals surface area contributed by atoms with Crippen LogP contribution in [0.15, 0.2) is 0 Å². The first-order chi connectivity index (χ1) is 8.45. The van der Waals surface area contributed by atoms with Crippen molar-refractivity contribution in [3.63, 3.8) is 0 Å². The molecule has 1 saturated heterocycles. The van der Waals surface area contributed by atoms with Gasteiger partial charge in [0, 0.05) is 20.0 Å². The molecule has 5 nitrogen and oxygen atoms in total. The average molecular weight is 250 g/mol. The lowest BCUT2D eigenvalue weighted by Gasteiger charge is -2.16. The van der Waals surface area contributed by atoms with Crippen molar-refractivity contribution < 1.29 is 4.79 Å². The Hall–Kier alpha value is -1.39. The van der Waals surface area contributed by atoms with Crippen molar-refractivity contribution in [2.24, 2.45) is 18.9 Å². The quantitative estimate of drug-likeness (QED) is 0.814. The highest BCUT2D eigenvalue weighted by Gasteiger charge is 2.30. The summed E-state index contributed by atoms with van der Waals surface area (Å²) < 4.78 is 1.76. The molecule has 1 fully saturated rings. The van der Waals surface area contributed by atoms with Crippen molar-refractivity contribution in [2.45, 2.75) is 40.2 Å². The van der Waals surface area contributed by atoms with Gasteiger partial charge in [-0.2, -0.15) is 5.10 Å². The molecule has 0 aromatic carbocycles. The maximum atomic E-state index is 12.0. The number of hydrogen-bond donors (Lipinski definition) is 0. The second-order valence-electron chi connectivity index (χ2n) is 5.67. The van der Waals surface area contributed by atoms with Gasteiger partial charge in [-0.05, 0) is 25.2 Å². The highest BCUT2D eigenvalue weighted by atomic mass is 16.2. The average Bonchev–Trinajstić information content (AvgIpc) is 2.71. The van der Waals surface area contributed by atoms with E-state index in [1.165, 1.54) is 0 Å². The summed E-state index contributed by atoms with van der Waals surface area (Å²) in [5.74, 6) is 3.04. The second-order valence-corrected chi connectivity index (χ2v) is 5.67. The van der Waals surface area contributed by atoms with Crippen molar-refractivity contribution in [1.29, 1.82) is 0 Å². The van der Waals surface area contributed by atoms with Crippen LogP contribution >= 0.6 is 0 Å². The molecule has 0 N–H and O–H groups in total. The van der Waals surface area contributed by atoms with Gasteiger partial charge in [0.15, 0.2) is 0 Å². The van der Waals surface area contributed by atoms with Gasteiger partial charge in [0.25, 0.3) is 0 Å². The lowest BCUT2D eigenvalue weighted by atomic mass is 9.96. The summed E-state index contributed by atoms with van der Waals surface area (Å²) >= 11 is 0. The number of nitrogens with zero attached hydrogens (tertiary/aromatic N) is 4. The molecular weight excluding hydrogens is 228 g/mol. The van der Waals surface area contributed by atoms with Crippen LogP contribution in [0, 0.1) is 18.8 Å². The number of aromatic nitrogens is 3. The molecule has 0 spiro atoms. The summed E-state index contributed by atoms with van der Waals surface area (Å²) in [6.45, 7) is 7.74. The molecule has 0 aliphatic carbocycles. The Labute approximate surface area is 108 Å². The SMILES string of the molecule is Cc1nc(CN2C[C@@H](CC(C)C)CC2=O)n(C)n1. The van der Waals surface area contributed by atoms with Crippen LogP contribution in [0.4, 0.5) is 0 Å². The number of likely N-dealkylation sites (tertiary alicyclic amines) is 1. The van der Waals surface area contributed by atoms with E-state index in [0.717, 1.165) is 24.6 Å². The van der Waals surface area contributed by atoms with Gasteiger partial charge < -0.3 is 4.90 Å². The third-order valence-electron chi connectivity index (χ3n) is 3.39. The third kappa shape index (κ3) is 2.89. The fourth-order valence-electron chi connectivity index (χ4n) is 2.70. The molecule has 0 unspecified atom stereocenters. The zero-order valence-electron chi connectivity index (χ0n) is 11.7. The van der Waals surface area contributed by atoms with Gasteiger partial charge in [0.2, 0.25) is 5.91 Å². The summed E-state index contributed by atoms with van der Waals surface area (Å²) in [6, 6.07) is 0. The Morgan fingerprint density at radius 1 is 1.44 bits per heavy atom. The number of aryl methyl sites for hydroxylation is 2. The Morgan fingerprint density at radius 3 is 2.72 bits per heavy atom. The monoisotopic (exact) mass is 250 g/mol. The predicted molar refractivity (Wildman–Crippen MR) is 68.7 cm³/mol. The number of hydrogen-bond acceptors (Lipinski definition) is 3. The van der Waals surface area contributed by atoms with E-state index in [0.29, 0.717) is 24.8 Å². The Bertz CT molecular complexity index is 438. The molecular formula is C13H22N4O. The van der Waals surface area contributed by atoms with E-state index >= 15 is 0 Å². The minimum absolute atomic E-state index is 0.251. The predicted octanol–water partition coefficient (Wildman–Crippen LogP) is 1.52. The van der Waals surface area contributed by atoms with Gasteiger partial charge >= 0.3 is 0 Å². The molecule has 1 aliphatic rings. The van der Waals surface area contributed by atoms with Gasteiger partial charge in [-0.25, -0.2) is 4.98 Å². The van der Waals surface area contributed by atoms with Crippen molar-refractivity contribution >= 4 is 5.91 Å². The molecule has 1 aromatic rings. The molecule has 1 atom stereocenters. The molecule has 2 rings (SSSR count). The number of amides is 1. The van der Waals surface area contributed by atoms with Crippen molar-refractivity contribution in [3.8, 4) is 0 Å². The van der Waals surface area contributed by atoms with Crippen LogP contribution in [0.2, 0.25) is 0 Å². The molecule has 1 aromatic heterocycles. The molecule has 0 bridgehead atoms. The molecule has 0 saturated carbocycles. The second kappa shape index (κ2) is 5.08. The maximum absolute atomic E-state index is 12.0. The zero-order valence-corrected chi connectivity index (χ0v) is 11.7. The first kappa shape index (κ1) is 13.1. The topological polar surface area (TPSA) is 51.0 Å². The largest absolute Gasteiger partial charge is 0.335 e. The molecule has 100 valence electrons. The highest BCUT2D eigenvalue weighted by Crippen LogP contribution is 2.25. The molecule has 18 heavy (non-hydrogen) atoms. The van der Waals surface area contributed by atoms with Gasteiger partial charge in [-0.1, -0.05) is 13.8 Å². The summed E-state index contributed by atoms with van der Waals surface area (Å²) in [4.78, 5) is 18.2. The summed E-state index contributed by atoms with van der Waals surface area (Å²) in [6.07, 6.45) is 1.81. The van der Waals surface area contributed by atoms with Crippen LogP contribution in [0.1, 0.15) is 38.3 Å². The summed E-state index contributed by atoms with van der Waals surface area (Å²) in [5.41, 5.74) is 0. The highest BCUT2D eigenvalue weighted by molar-refractivity contribution is 5.78. The fraction of sp³-hybridized carbons (Fsp3) is 0.769. The number of carbonyl (C=O) groups is 1. The standard InChI is InChI=1S/C13H22N4O/c1-9(2)5-11-6-13(18)17(7-11)8-12-14-10(3)15-16(12)4/h9,11H,5-8H2,1-4H3/t11-/m0/s1. The van der Waals surface area contributed by atoms with E-state index in [1.54, 1.807) is 4.68 Å². The fourth-order valence-corrected chi connectivity index (χ4v) is 2.70. The van der Waals surface area contributed by atoms with Crippen LogP contribution in [0.5, 0.6) is 0 Å². The smallest absolute Gasteiger partial charge is 0.223 e. The molecule has 2 heterocycles. The molecule has 0 radical (unpaired) electrons. The van der Waals surface area contributed by atoms with Crippen molar-refractivity contribution in [1.82, 2.24) is 19.7 Å².